The third kappa shape index (κ3) is 2.18. The summed E-state index contributed by atoms with van der Waals surface area (Å²) in [6.45, 7) is 0. The fourth-order valence-electron chi connectivity index (χ4n) is 2.13. The molecule has 0 aliphatic rings. The van der Waals surface area contributed by atoms with Crippen molar-refractivity contribution in [3.63, 3.8) is 0 Å². The molecule has 0 atom stereocenters. The number of ether oxygens (including phenoxy) is 1. The number of carbonyl (C=O) groups excluding carboxylic acids is 2. The van der Waals surface area contributed by atoms with E-state index in [-0.39, 0.29) is 17.2 Å². The van der Waals surface area contributed by atoms with Gasteiger partial charge in [-0.25, -0.2) is 0 Å². The van der Waals surface area contributed by atoms with Crippen LogP contribution in [0.1, 0.15) is 21.1 Å². The van der Waals surface area contributed by atoms with Crippen LogP contribution >= 0.6 is 0 Å². The molecule has 0 unspecified atom stereocenters. The van der Waals surface area contributed by atoms with Gasteiger partial charge in [0.1, 0.15) is 5.69 Å². The molecular formula is C15H12N2O5. The number of hydrogen-bond acceptors (Lipinski definition) is 5. The van der Waals surface area contributed by atoms with E-state index in [4.69, 9.17) is 19.3 Å². The quantitative estimate of drug-likeness (QED) is 0.769. The van der Waals surface area contributed by atoms with Crippen LogP contribution in [0.4, 0.5) is 5.69 Å². The van der Waals surface area contributed by atoms with E-state index in [1.54, 1.807) is 24.3 Å². The molecule has 3 aromatic rings. The molecule has 3 N–H and O–H groups in total. The van der Waals surface area contributed by atoms with Crippen molar-refractivity contribution in [2.24, 2.45) is 5.73 Å². The van der Waals surface area contributed by atoms with Crippen LogP contribution in [-0.2, 0) is 0 Å². The second kappa shape index (κ2) is 5.28. The van der Waals surface area contributed by atoms with Crippen molar-refractivity contribution in [3.05, 3.63) is 48.1 Å². The maximum Gasteiger partial charge on any atom is 0.291 e. The van der Waals surface area contributed by atoms with E-state index in [1.807, 2.05) is 0 Å². The number of anilines is 1. The van der Waals surface area contributed by atoms with Crippen molar-refractivity contribution >= 4 is 28.5 Å². The Labute approximate surface area is 124 Å². The minimum atomic E-state index is -0.798. The van der Waals surface area contributed by atoms with Crippen LogP contribution in [0.15, 0.2) is 45.4 Å². The largest absolute Gasteiger partial charge is 0.493 e. The number of primary amides is 1. The van der Waals surface area contributed by atoms with Gasteiger partial charge >= 0.3 is 0 Å². The Morgan fingerprint density at radius 3 is 2.68 bits per heavy atom. The van der Waals surface area contributed by atoms with Gasteiger partial charge in [-0.3, -0.25) is 9.59 Å². The van der Waals surface area contributed by atoms with Crippen LogP contribution in [0.5, 0.6) is 5.75 Å². The summed E-state index contributed by atoms with van der Waals surface area (Å²) in [5.41, 5.74) is 5.83. The van der Waals surface area contributed by atoms with Gasteiger partial charge in [-0.1, -0.05) is 6.07 Å². The zero-order valence-electron chi connectivity index (χ0n) is 11.6. The summed E-state index contributed by atoms with van der Waals surface area (Å²) in [5, 5.41) is 3.09. The van der Waals surface area contributed by atoms with Crippen LogP contribution in [0.25, 0.3) is 11.0 Å². The minimum absolute atomic E-state index is 0.104. The Balaban J connectivity index is 2.12. The molecule has 2 aromatic heterocycles. The van der Waals surface area contributed by atoms with Crippen molar-refractivity contribution in [2.75, 3.05) is 12.4 Å². The number of hydrogen-bond donors (Lipinski definition) is 2. The summed E-state index contributed by atoms with van der Waals surface area (Å²) in [6.07, 6.45) is 1.38. The maximum atomic E-state index is 12.1. The van der Waals surface area contributed by atoms with Crippen molar-refractivity contribution in [1.29, 1.82) is 0 Å². The second-order valence-corrected chi connectivity index (χ2v) is 4.44. The summed E-state index contributed by atoms with van der Waals surface area (Å²) < 4.78 is 15.6. The lowest BCUT2D eigenvalue weighted by Gasteiger charge is -2.03. The standard InChI is InChI=1S/C15H12N2O5/c1-20-9-5-2-4-8-11(13(14(16)18)22-12(8)9)17-15(19)10-6-3-7-21-10/h2-7H,1H3,(H2,16,18)(H,17,19). The van der Waals surface area contributed by atoms with Crippen molar-refractivity contribution in [2.45, 2.75) is 0 Å². The molecule has 3 rings (SSSR count). The molecule has 0 aliphatic carbocycles. The van der Waals surface area contributed by atoms with Crippen molar-refractivity contribution in [3.8, 4) is 5.75 Å². The first kappa shape index (κ1) is 13.7. The summed E-state index contributed by atoms with van der Waals surface area (Å²) >= 11 is 0. The third-order valence-corrected chi connectivity index (χ3v) is 3.11. The maximum absolute atomic E-state index is 12.1. The number of rotatable bonds is 4. The highest BCUT2D eigenvalue weighted by molar-refractivity contribution is 6.14. The number of para-hydroxylation sites is 1. The highest BCUT2D eigenvalue weighted by Crippen LogP contribution is 2.36. The van der Waals surface area contributed by atoms with Crippen LogP contribution in [0.2, 0.25) is 0 Å². The van der Waals surface area contributed by atoms with Gasteiger partial charge in [-0.15, -0.1) is 0 Å². The first-order chi connectivity index (χ1) is 10.6. The Morgan fingerprint density at radius 2 is 2.05 bits per heavy atom. The molecule has 0 saturated carbocycles. The Bertz CT molecular complexity index is 848. The lowest BCUT2D eigenvalue weighted by atomic mass is 10.2. The van der Waals surface area contributed by atoms with E-state index in [0.717, 1.165) is 0 Å². The van der Waals surface area contributed by atoms with E-state index in [1.165, 1.54) is 19.4 Å². The van der Waals surface area contributed by atoms with Gasteiger partial charge < -0.3 is 24.6 Å². The molecular weight excluding hydrogens is 288 g/mol. The van der Waals surface area contributed by atoms with E-state index >= 15 is 0 Å². The van der Waals surface area contributed by atoms with Gasteiger partial charge in [0.15, 0.2) is 17.1 Å². The Hall–Kier alpha value is -3.22. The van der Waals surface area contributed by atoms with E-state index in [2.05, 4.69) is 5.32 Å². The zero-order valence-corrected chi connectivity index (χ0v) is 11.6. The number of furan rings is 2. The third-order valence-electron chi connectivity index (χ3n) is 3.11. The number of methoxy groups -OCH3 is 1. The van der Waals surface area contributed by atoms with Gasteiger partial charge in [0.2, 0.25) is 5.76 Å². The lowest BCUT2D eigenvalue weighted by molar-refractivity contribution is 0.0977. The number of amides is 2. The molecule has 7 nitrogen and oxygen atoms in total. The minimum Gasteiger partial charge on any atom is -0.493 e. The average Bonchev–Trinajstić information content (AvgIpc) is 3.15. The summed E-state index contributed by atoms with van der Waals surface area (Å²) in [7, 11) is 1.47. The smallest absolute Gasteiger partial charge is 0.291 e. The number of nitrogens with one attached hydrogen (secondary N) is 1. The number of nitrogens with two attached hydrogens (primary N) is 1. The molecule has 1 aromatic carbocycles. The molecule has 22 heavy (non-hydrogen) atoms. The van der Waals surface area contributed by atoms with Crippen LogP contribution in [0.3, 0.4) is 0 Å². The van der Waals surface area contributed by atoms with Crippen LogP contribution < -0.4 is 15.8 Å². The highest BCUT2D eigenvalue weighted by Gasteiger charge is 2.23. The molecule has 7 heteroatoms. The second-order valence-electron chi connectivity index (χ2n) is 4.44. The number of fused-ring (bicyclic) bond motifs is 1. The fraction of sp³-hybridized carbons (Fsp3) is 0.0667. The first-order valence-electron chi connectivity index (χ1n) is 6.36. The van der Waals surface area contributed by atoms with Crippen molar-refractivity contribution < 1.29 is 23.2 Å². The number of carbonyl (C=O) groups is 2. The molecule has 2 amide bonds. The van der Waals surface area contributed by atoms with Crippen LogP contribution in [0, 0.1) is 0 Å². The first-order valence-corrected chi connectivity index (χ1v) is 6.36. The van der Waals surface area contributed by atoms with Crippen LogP contribution in [-0.4, -0.2) is 18.9 Å². The lowest BCUT2D eigenvalue weighted by Crippen LogP contribution is -2.16. The monoisotopic (exact) mass is 300 g/mol. The van der Waals surface area contributed by atoms with Gasteiger partial charge in [-0.05, 0) is 24.3 Å². The Kier molecular flexibility index (Phi) is 3.30. The highest BCUT2D eigenvalue weighted by atomic mass is 16.5. The van der Waals surface area contributed by atoms with Gasteiger partial charge in [0.05, 0.1) is 13.4 Å². The summed E-state index contributed by atoms with van der Waals surface area (Å²) in [5.74, 6) is -0.934. The average molecular weight is 300 g/mol. The molecule has 0 spiro atoms. The van der Waals surface area contributed by atoms with E-state index < -0.39 is 11.8 Å². The molecule has 0 saturated heterocycles. The molecule has 2 heterocycles. The van der Waals surface area contributed by atoms with E-state index in [0.29, 0.717) is 16.7 Å². The topological polar surface area (TPSA) is 108 Å². The summed E-state index contributed by atoms with van der Waals surface area (Å²) in [6, 6.07) is 8.16. The molecule has 112 valence electrons. The zero-order chi connectivity index (χ0) is 15.7. The SMILES string of the molecule is COc1cccc2c(NC(=O)c3ccco3)c(C(N)=O)oc12. The Morgan fingerprint density at radius 1 is 1.23 bits per heavy atom. The molecule has 0 fully saturated rings. The van der Waals surface area contributed by atoms with Crippen molar-refractivity contribution in [1.82, 2.24) is 0 Å². The number of benzene rings is 1. The molecule has 0 radical (unpaired) electrons. The molecule has 0 aliphatic heterocycles. The predicted molar refractivity (Wildman–Crippen MR) is 77.9 cm³/mol. The van der Waals surface area contributed by atoms with Gasteiger partial charge in [-0.2, -0.15) is 0 Å². The summed E-state index contributed by atoms with van der Waals surface area (Å²) in [4.78, 5) is 23.7. The molecule has 0 bridgehead atoms. The fourth-order valence-corrected chi connectivity index (χ4v) is 2.13. The normalized spacial score (nSPS) is 10.6. The predicted octanol–water partition coefficient (Wildman–Crippen LogP) is 2.39. The van der Waals surface area contributed by atoms with Gasteiger partial charge in [0, 0.05) is 5.39 Å². The van der Waals surface area contributed by atoms with Gasteiger partial charge in [0.25, 0.3) is 11.8 Å². The van der Waals surface area contributed by atoms with E-state index in [9.17, 15) is 9.59 Å².